The van der Waals surface area contributed by atoms with Crippen LogP contribution in [0.5, 0.6) is 0 Å². The molecule has 3 heterocycles. The Morgan fingerprint density at radius 1 is 1.17 bits per heavy atom. The van der Waals surface area contributed by atoms with Crippen molar-refractivity contribution in [3.8, 4) is 0 Å². The number of carbonyl (C=O) groups excluding carboxylic acids is 2. The minimum atomic E-state index is -3.50. The number of anilines is 1. The van der Waals surface area contributed by atoms with Crippen molar-refractivity contribution in [2.75, 3.05) is 18.4 Å². The van der Waals surface area contributed by atoms with Crippen molar-refractivity contribution in [3.05, 3.63) is 41.8 Å². The van der Waals surface area contributed by atoms with Crippen LogP contribution in [0, 0.1) is 0 Å². The van der Waals surface area contributed by atoms with Crippen LogP contribution in [0.25, 0.3) is 0 Å². The summed E-state index contributed by atoms with van der Waals surface area (Å²) < 4.78 is 27.7. The molecule has 0 bridgehead atoms. The second-order valence-electron chi connectivity index (χ2n) is 7.00. The number of rotatable bonds is 5. The van der Waals surface area contributed by atoms with Gasteiger partial charge in [0.15, 0.2) is 0 Å². The molecular formula is C19H21N3O4S3. The summed E-state index contributed by atoms with van der Waals surface area (Å²) in [6.45, 7) is 0.956. The van der Waals surface area contributed by atoms with Crippen molar-refractivity contribution in [3.63, 3.8) is 0 Å². The van der Waals surface area contributed by atoms with E-state index in [2.05, 4.69) is 10.0 Å². The highest BCUT2D eigenvalue weighted by atomic mass is 32.2. The average Bonchev–Trinajstić information content (AvgIpc) is 3.25. The topological polar surface area (TPSA) is 95.6 Å². The van der Waals surface area contributed by atoms with Gasteiger partial charge in [-0.15, -0.1) is 23.1 Å². The standard InChI is InChI=1S/C19H21N3O4S3/c23-17(12-16-19(24)20-14-4-1-2-5-15(14)28-16)22-9-7-13(8-10-22)21-29(25,26)18-6-3-11-27-18/h1-6,11,13,16,21H,7-10,12H2,(H,20,24)/t16-/m1/s1. The molecule has 2 aliphatic rings. The largest absolute Gasteiger partial charge is 0.343 e. The molecule has 4 rings (SSSR count). The molecule has 0 unspecified atom stereocenters. The van der Waals surface area contributed by atoms with Gasteiger partial charge in [-0.25, -0.2) is 13.1 Å². The van der Waals surface area contributed by atoms with Gasteiger partial charge in [-0.1, -0.05) is 18.2 Å². The number of piperidine rings is 1. The second-order valence-corrected chi connectivity index (χ2v) is 11.1. The zero-order valence-corrected chi connectivity index (χ0v) is 18.0. The maximum absolute atomic E-state index is 12.7. The van der Waals surface area contributed by atoms with Gasteiger partial charge in [-0.05, 0) is 36.4 Å². The van der Waals surface area contributed by atoms with E-state index in [0.29, 0.717) is 30.1 Å². The van der Waals surface area contributed by atoms with Crippen LogP contribution >= 0.6 is 23.1 Å². The van der Waals surface area contributed by atoms with E-state index in [9.17, 15) is 18.0 Å². The predicted molar refractivity (Wildman–Crippen MR) is 114 cm³/mol. The van der Waals surface area contributed by atoms with E-state index in [1.165, 1.54) is 23.1 Å². The van der Waals surface area contributed by atoms with Crippen LogP contribution in [-0.2, 0) is 19.6 Å². The summed E-state index contributed by atoms with van der Waals surface area (Å²) in [6, 6.07) is 10.6. The Kier molecular flexibility index (Phi) is 5.95. The van der Waals surface area contributed by atoms with Crippen LogP contribution < -0.4 is 10.0 Å². The third-order valence-corrected chi connectivity index (χ3v) is 9.19. The summed E-state index contributed by atoms with van der Waals surface area (Å²) in [7, 11) is -3.50. The molecule has 2 amide bonds. The highest BCUT2D eigenvalue weighted by Gasteiger charge is 2.32. The molecule has 2 aromatic rings. The monoisotopic (exact) mass is 451 g/mol. The Morgan fingerprint density at radius 2 is 1.93 bits per heavy atom. The Balaban J connectivity index is 1.30. The molecular weight excluding hydrogens is 430 g/mol. The number of amides is 2. The number of thioether (sulfide) groups is 1. The van der Waals surface area contributed by atoms with E-state index < -0.39 is 15.3 Å². The molecule has 1 aromatic heterocycles. The first-order valence-corrected chi connectivity index (χ1v) is 12.6. The van der Waals surface area contributed by atoms with Gasteiger partial charge in [0.05, 0.1) is 10.9 Å². The Morgan fingerprint density at radius 3 is 2.66 bits per heavy atom. The van der Waals surface area contributed by atoms with Crippen molar-refractivity contribution >= 4 is 50.6 Å². The quantitative estimate of drug-likeness (QED) is 0.728. The number of sulfonamides is 1. The molecule has 154 valence electrons. The lowest BCUT2D eigenvalue weighted by Crippen LogP contribution is -2.47. The zero-order chi connectivity index (χ0) is 20.4. The fourth-order valence-electron chi connectivity index (χ4n) is 3.46. The Bertz CT molecular complexity index is 999. The van der Waals surface area contributed by atoms with E-state index >= 15 is 0 Å². The summed E-state index contributed by atoms with van der Waals surface area (Å²) in [4.78, 5) is 27.7. The molecule has 29 heavy (non-hydrogen) atoms. The zero-order valence-electron chi connectivity index (χ0n) is 15.5. The van der Waals surface area contributed by atoms with Crippen molar-refractivity contribution in [1.29, 1.82) is 0 Å². The molecule has 0 radical (unpaired) electrons. The van der Waals surface area contributed by atoms with Crippen LogP contribution in [0.15, 0.2) is 50.9 Å². The fourth-order valence-corrected chi connectivity index (χ4v) is 6.87. The van der Waals surface area contributed by atoms with Gasteiger partial charge >= 0.3 is 0 Å². The Labute approximate surface area is 177 Å². The number of nitrogens with zero attached hydrogens (tertiary/aromatic N) is 1. The number of likely N-dealkylation sites (tertiary alicyclic amines) is 1. The molecule has 1 aromatic carbocycles. The summed E-state index contributed by atoms with van der Waals surface area (Å²) >= 11 is 2.60. The number of benzene rings is 1. The maximum atomic E-state index is 12.7. The smallest absolute Gasteiger partial charge is 0.250 e. The van der Waals surface area contributed by atoms with Gasteiger partial charge < -0.3 is 10.2 Å². The fraction of sp³-hybridized carbons (Fsp3) is 0.368. The number of carbonyl (C=O) groups is 2. The minimum Gasteiger partial charge on any atom is -0.343 e. The van der Waals surface area contributed by atoms with Crippen LogP contribution in [0.1, 0.15) is 19.3 Å². The number of hydrogen-bond acceptors (Lipinski definition) is 6. The number of hydrogen-bond donors (Lipinski definition) is 2. The van der Waals surface area contributed by atoms with Crippen LogP contribution in [0.2, 0.25) is 0 Å². The minimum absolute atomic E-state index is 0.0726. The Hall–Kier alpha value is -1.88. The molecule has 2 N–H and O–H groups in total. The molecule has 7 nitrogen and oxygen atoms in total. The first kappa shape index (κ1) is 20.4. The van der Waals surface area contributed by atoms with E-state index in [0.717, 1.165) is 10.6 Å². The number of nitrogens with one attached hydrogen (secondary N) is 2. The molecule has 1 fully saturated rings. The molecule has 0 aliphatic carbocycles. The first-order valence-electron chi connectivity index (χ1n) is 9.32. The molecule has 0 spiro atoms. The third kappa shape index (κ3) is 4.66. The maximum Gasteiger partial charge on any atom is 0.250 e. The van der Waals surface area contributed by atoms with Crippen molar-refractivity contribution in [1.82, 2.24) is 9.62 Å². The lowest BCUT2D eigenvalue weighted by atomic mass is 10.1. The molecule has 10 heteroatoms. The average molecular weight is 452 g/mol. The summed E-state index contributed by atoms with van der Waals surface area (Å²) in [6.07, 6.45) is 1.25. The third-order valence-electron chi connectivity index (χ3n) is 5.00. The van der Waals surface area contributed by atoms with Gasteiger partial charge in [0, 0.05) is 30.4 Å². The van der Waals surface area contributed by atoms with Crippen LogP contribution in [-0.4, -0.2) is 49.5 Å². The van der Waals surface area contributed by atoms with E-state index in [-0.39, 0.29) is 24.3 Å². The van der Waals surface area contributed by atoms with Gasteiger partial charge in [0.25, 0.3) is 0 Å². The summed E-state index contributed by atoms with van der Waals surface area (Å²) in [5.74, 6) is -0.225. The van der Waals surface area contributed by atoms with E-state index in [4.69, 9.17) is 0 Å². The van der Waals surface area contributed by atoms with Crippen molar-refractivity contribution in [2.45, 2.75) is 39.7 Å². The van der Waals surface area contributed by atoms with Gasteiger partial charge in [-0.3, -0.25) is 9.59 Å². The normalized spacial score (nSPS) is 20.2. The van der Waals surface area contributed by atoms with Crippen molar-refractivity contribution in [2.24, 2.45) is 0 Å². The predicted octanol–water partition coefficient (Wildman–Crippen LogP) is 2.52. The van der Waals surface area contributed by atoms with Gasteiger partial charge in [0.2, 0.25) is 21.8 Å². The molecule has 1 atom stereocenters. The number of thiophene rings is 1. The number of para-hydroxylation sites is 1. The SMILES string of the molecule is O=C1Nc2ccccc2S[C@@H]1CC(=O)N1CCC(NS(=O)(=O)c2cccs2)CC1. The van der Waals surface area contributed by atoms with Gasteiger partial charge in [-0.2, -0.15) is 0 Å². The molecule has 1 saturated heterocycles. The van der Waals surface area contributed by atoms with Crippen LogP contribution in [0.4, 0.5) is 5.69 Å². The van der Waals surface area contributed by atoms with E-state index in [1.807, 2.05) is 24.3 Å². The van der Waals surface area contributed by atoms with Crippen LogP contribution in [0.3, 0.4) is 0 Å². The van der Waals surface area contributed by atoms with E-state index in [1.54, 1.807) is 22.4 Å². The first-order chi connectivity index (χ1) is 13.9. The second kappa shape index (κ2) is 8.47. The highest BCUT2D eigenvalue weighted by molar-refractivity contribution is 8.01. The summed E-state index contributed by atoms with van der Waals surface area (Å²) in [5, 5.41) is 4.14. The lowest BCUT2D eigenvalue weighted by Gasteiger charge is -2.33. The summed E-state index contributed by atoms with van der Waals surface area (Å²) in [5.41, 5.74) is 0.782. The molecule has 2 aliphatic heterocycles. The number of fused-ring (bicyclic) bond motifs is 1. The highest BCUT2D eigenvalue weighted by Crippen LogP contribution is 2.36. The molecule has 0 saturated carbocycles. The lowest BCUT2D eigenvalue weighted by molar-refractivity contribution is -0.133. The van der Waals surface area contributed by atoms with Crippen molar-refractivity contribution < 1.29 is 18.0 Å². The van der Waals surface area contributed by atoms with Gasteiger partial charge in [0.1, 0.15) is 4.21 Å².